The second-order valence-electron chi connectivity index (χ2n) is 8.88. The van der Waals surface area contributed by atoms with Crippen molar-refractivity contribution >= 4 is 22.5 Å². The molecule has 0 bridgehead atoms. The Hall–Kier alpha value is -3.79. The first kappa shape index (κ1) is 21.7. The number of nitrogens with one attached hydrogen (secondary N) is 1. The van der Waals surface area contributed by atoms with Crippen LogP contribution in [0.2, 0.25) is 0 Å². The molecule has 1 saturated carbocycles. The molecule has 1 aliphatic heterocycles. The molecule has 10 heteroatoms. The number of anilines is 2. The number of nitrogens with zero attached hydrogens (tertiary/aromatic N) is 6. The highest BCUT2D eigenvalue weighted by atomic mass is 16.5. The Bertz CT molecular complexity index is 1270. The Morgan fingerprint density at radius 1 is 0.943 bits per heavy atom. The van der Waals surface area contributed by atoms with Gasteiger partial charge in [-0.3, -0.25) is 4.98 Å². The molecule has 2 aliphatic rings. The lowest BCUT2D eigenvalue weighted by molar-refractivity contribution is 0.122. The van der Waals surface area contributed by atoms with Crippen molar-refractivity contribution in [1.29, 1.82) is 0 Å². The molecular formula is C25H27N7O3. The van der Waals surface area contributed by atoms with E-state index >= 15 is 0 Å². The number of benzene rings is 1. The first-order valence-electron chi connectivity index (χ1n) is 12.0. The molecule has 0 spiro atoms. The molecule has 3 aromatic heterocycles. The number of hydrogen-bond acceptors (Lipinski definition) is 10. The van der Waals surface area contributed by atoms with Crippen LogP contribution in [0.25, 0.3) is 22.5 Å². The van der Waals surface area contributed by atoms with Gasteiger partial charge < -0.3 is 24.1 Å². The highest BCUT2D eigenvalue weighted by Crippen LogP contribution is 2.33. The normalized spacial score (nSPS) is 20.6. The van der Waals surface area contributed by atoms with Crippen molar-refractivity contribution in [2.45, 2.75) is 37.8 Å². The lowest BCUT2D eigenvalue weighted by Gasteiger charge is -2.31. The van der Waals surface area contributed by atoms with Gasteiger partial charge in [0.1, 0.15) is 17.1 Å². The third-order valence-electron chi connectivity index (χ3n) is 6.59. The van der Waals surface area contributed by atoms with Gasteiger partial charge in [0.25, 0.3) is 0 Å². The van der Waals surface area contributed by atoms with Crippen molar-refractivity contribution in [2.24, 2.45) is 0 Å². The average molecular weight is 474 g/mol. The molecule has 10 nitrogen and oxygen atoms in total. The summed E-state index contributed by atoms with van der Waals surface area (Å²) in [5, 5.41) is 11.3. The Kier molecular flexibility index (Phi) is 6.10. The van der Waals surface area contributed by atoms with Crippen molar-refractivity contribution in [1.82, 2.24) is 25.1 Å². The first-order chi connectivity index (χ1) is 17.3. The number of ether oxygens (including phenoxy) is 2. The fraction of sp³-hybridized carbons (Fsp3) is 0.400. The van der Waals surface area contributed by atoms with Gasteiger partial charge in [0.15, 0.2) is 0 Å². The highest BCUT2D eigenvalue weighted by molar-refractivity contribution is 5.85. The fourth-order valence-corrected chi connectivity index (χ4v) is 4.78. The van der Waals surface area contributed by atoms with E-state index in [4.69, 9.17) is 13.9 Å². The van der Waals surface area contributed by atoms with Crippen LogP contribution in [0.5, 0.6) is 5.75 Å². The van der Waals surface area contributed by atoms with E-state index in [1.807, 2.05) is 12.1 Å². The van der Waals surface area contributed by atoms with Crippen LogP contribution < -0.4 is 15.0 Å². The average Bonchev–Trinajstić information content (AvgIpc) is 3.46. The minimum Gasteiger partial charge on any atom is -0.488 e. The molecule has 2 fully saturated rings. The second kappa shape index (κ2) is 9.83. The van der Waals surface area contributed by atoms with Gasteiger partial charge >= 0.3 is 0 Å². The van der Waals surface area contributed by atoms with Gasteiger partial charge in [-0.1, -0.05) is 0 Å². The third-order valence-corrected chi connectivity index (χ3v) is 6.59. The van der Waals surface area contributed by atoms with Crippen molar-refractivity contribution in [3.05, 3.63) is 49.2 Å². The van der Waals surface area contributed by atoms with Gasteiger partial charge in [-0.2, -0.15) is 0 Å². The minimum atomic E-state index is 0.135. The van der Waals surface area contributed by atoms with Crippen molar-refractivity contribution < 1.29 is 13.9 Å². The Labute approximate surface area is 202 Å². The molecule has 1 aliphatic carbocycles. The van der Waals surface area contributed by atoms with Crippen LogP contribution >= 0.6 is 0 Å². The van der Waals surface area contributed by atoms with E-state index in [-0.39, 0.29) is 6.10 Å². The van der Waals surface area contributed by atoms with Crippen LogP contribution in [-0.4, -0.2) is 63.6 Å². The molecule has 1 N–H and O–H groups in total. The van der Waals surface area contributed by atoms with E-state index in [1.54, 1.807) is 18.6 Å². The summed E-state index contributed by atoms with van der Waals surface area (Å²) in [6.07, 6.45) is 10.5. The van der Waals surface area contributed by atoms with Crippen LogP contribution in [0.3, 0.4) is 0 Å². The number of aromatic nitrogens is 5. The van der Waals surface area contributed by atoms with E-state index in [1.165, 1.54) is 6.39 Å². The number of pyridine rings is 1. The quantitative estimate of drug-likeness (QED) is 0.445. The highest BCUT2D eigenvalue weighted by Gasteiger charge is 2.24. The Morgan fingerprint density at radius 3 is 2.63 bits per heavy atom. The van der Waals surface area contributed by atoms with E-state index < -0.39 is 0 Å². The van der Waals surface area contributed by atoms with Gasteiger partial charge in [-0.25, -0.2) is 9.97 Å². The summed E-state index contributed by atoms with van der Waals surface area (Å²) in [7, 11) is 0. The summed E-state index contributed by atoms with van der Waals surface area (Å²) in [5.41, 5.74) is 3.63. The zero-order valence-corrected chi connectivity index (χ0v) is 19.3. The van der Waals surface area contributed by atoms with E-state index in [2.05, 4.69) is 47.5 Å². The lowest BCUT2D eigenvalue weighted by Crippen LogP contribution is -2.36. The van der Waals surface area contributed by atoms with Crippen LogP contribution in [0.1, 0.15) is 25.7 Å². The van der Waals surface area contributed by atoms with Gasteiger partial charge in [0.05, 0.1) is 24.8 Å². The predicted molar refractivity (Wildman–Crippen MR) is 130 cm³/mol. The Balaban J connectivity index is 1.12. The summed E-state index contributed by atoms with van der Waals surface area (Å²) in [6, 6.07) is 8.34. The summed E-state index contributed by atoms with van der Waals surface area (Å²) in [6.45, 7) is 3.20. The SMILES string of the molecule is c1cc(-c2nnco2)cc(NC2CCC(Oc3cc(N4CCOCC4)cc4nccnc34)CC2)n1. The molecule has 4 heterocycles. The molecule has 6 rings (SSSR count). The molecular weight excluding hydrogens is 446 g/mol. The summed E-state index contributed by atoms with van der Waals surface area (Å²) in [4.78, 5) is 15.9. The molecule has 4 aromatic rings. The van der Waals surface area contributed by atoms with Gasteiger partial charge in [-0.05, 0) is 43.9 Å². The summed E-state index contributed by atoms with van der Waals surface area (Å²) in [5.74, 6) is 2.11. The third kappa shape index (κ3) is 4.88. The minimum absolute atomic E-state index is 0.135. The van der Waals surface area contributed by atoms with Crippen molar-refractivity contribution in [3.8, 4) is 17.2 Å². The van der Waals surface area contributed by atoms with E-state index in [0.29, 0.717) is 11.9 Å². The van der Waals surface area contributed by atoms with E-state index in [9.17, 15) is 0 Å². The first-order valence-corrected chi connectivity index (χ1v) is 12.0. The summed E-state index contributed by atoms with van der Waals surface area (Å²) < 4.78 is 17.4. The zero-order chi connectivity index (χ0) is 23.5. The number of morpholine rings is 1. The van der Waals surface area contributed by atoms with Crippen molar-refractivity contribution in [3.63, 3.8) is 0 Å². The maximum atomic E-state index is 6.54. The molecule has 180 valence electrons. The molecule has 0 unspecified atom stereocenters. The van der Waals surface area contributed by atoms with Gasteiger partial charge in [0.2, 0.25) is 12.3 Å². The maximum absolute atomic E-state index is 6.54. The number of fused-ring (bicyclic) bond motifs is 1. The molecule has 0 atom stereocenters. The number of hydrogen-bond donors (Lipinski definition) is 1. The topological polar surface area (TPSA) is 111 Å². The molecule has 1 aromatic carbocycles. The van der Waals surface area contributed by atoms with Crippen LogP contribution in [0.15, 0.2) is 53.7 Å². The van der Waals surface area contributed by atoms with Crippen LogP contribution in [0, 0.1) is 0 Å². The molecule has 0 radical (unpaired) electrons. The van der Waals surface area contributed by atoms with Gasteiger partial charge in [0, 0.05) is 55.0 Å². The van der Waals surface area contributed by atoms with Gasteiger partial charge in [-0.15, -0.1) is 10.2 Å². The fourth-order valence-electron chi connectivity index (χ4n) is 4.78. The van der Waals surface area contributed by atoms with Crippen LogP contribution in [0.4, 0.5) is 11.5 Å². The molecule has 1 saturated heterocycles. The lowest BCUT2D eigenvalue weighted by atomic mass is 9.93. The van der Waals surface area contributed by atoms with E-state index in [0.717, 1.165) is 85.8 Å². The maximum Gasteiger partial charge on any atom is 0.247 e. The Morgan fingerprint density at radius 2 is 1.80 bits per heavy atom. The van der Waals surface area contributed by atoms with Crippen LogP contribution in [-0.2, 0) is 4.74 Å². The molecule has 0 amide bonds. The smallest absolute Gasteiger partial charge is 0.247 e. The second-order valence-corrected chi connectivity index (χ2v) is 8.88. The zero-order valence-electron chi connectivity index (χ0n) is 19.3. The van der Waals surface area contributed by atoms with Crippen molar-refractivity contribution in [2.75, 3.05) is 36.5 Å². The largest absolute Gasteiger partial charge is 0.488 e. The summed E-state index contributed by atoms with van der Waals surface area (Å²) >= 11 is 0. The standard InChI is InChI=1S/C25H27N7O3/c1-3-20(4-2-18(1)30-23-13-17(5-6-27-23)25-31-29-16-34-25)35-22-15-19(32-9-11-33-12-10-32)14-21-24(22)28-8-7-26-21/h5-8,13-16,18,20H,1-4,9-12H2,(H,27,30). The monoisotopic (exact) mass is 473 g/mol. The number of rotatable bonds is 6. The predicted octanol–water partition coefficient (Wildman–Crippen LogP) is 3.71. The molecule has 35 heavy (non-hydrogen) atoms.